The van der Waals surface area contributed by atoms with Gasteiger partial charge >= 0.3 is 0 Å². The van der Waals surface area contributed by atoms with Gasteiger partial charge in [-0.2, -0.15) is 5.10 Å². The molecular weight excluding hydrogens is 188 g/mol. The molecule has 0 spiro atoms. The van der Waals surface area contributed by atoms with Gasteiger partial charge in [0.2, 0.25) is 0 Å². The van der Waals surface area contributed by atoms with Gasteiger partial charge < -0.3 is 11.1 Å². The lowest BCUT2D eigenvalue weighted by molar-refractivity contribution is 0.520. The van der Waals surface area contributed by atoms with Crippen LogP contribution in [0.2, 0.25) is 0 Å². The average molecular weight is 208 g/mol. The molecule has 84 valence electrons. The zero-order valence-electron chi connectivity index (χ0n) is 9.70. The molecule has 0 amide bonds. The first-order valence-electron chi connectivity index (χ1n) is 5.38. The summed E-state index contributed by atoms with van der Waals surface area (Å²) < 4.78 is 0. The van der Waals surface area contributed by atoms with Crippen molar-refractivity contribution in [1.82, 2.24) is 10.2 Å². The maximum atomic E-state index is 5.69. The highest BCUT2D eigenvalue weighted by molar-refractivity contribution is 5.34. The quantitative estimate of drug-likeness (QED) is 0.771. The van der Waals surface area contributed by atoms with Crippen molar-refractivity contribution in [2.45, 2.75) is 33.2 Å². The van der Waals surface area contributed by atoms with Crippen molar-refractivity contribution in [3.8, 4) is 0 Å². The van der Waals surface area contributed by atoms with Gasteiger partial charge in [-0.25, -0.2) is 0 Å². The second-order valence-corrected chi connectivity index (χ2v) is 4.27. The highest BCUT2D eigenvalue weighted by Gasteiger charge is 2.09. The zero-order valence-corrected chi connectivity index (χ0v) is 9.70. The summed E-state index contributed by atoms with van der Waals surface area (Å²) >= 11 is 0. The minimum atomic E-state index is 0.280. The highest BCUT2D eigenvalue weighted by Crippen LogP contribution is 2.09. The van der Waals surface area contributed by atoms with Crippen molar-refractivity contribution >= 4 is 5.82 Å². The van der Waals surface area contributed by atoms with Gasteiger partial charge in [0.05, 0.1) is 5.69 Å². The zero-order chi connectivity index (χ0) is 11.3. The number of nitrogens with one attached hydrogen (secondary N) is 1. The summed E-state index contributed by atoms with van der Waals surface area (Å²) in [6.07, 6.45) is 1.05. The average Bonchev–Trinajstić information content (AvgIpc) is 2.19. The topological polar surface area (TPSA) is 63.8 Å². The van der Waals surface area contributed by atoms with Gasteiger partial charge in [0.25, 0.3) is 0 Å². The number of aryl methyl sites for hydroxylation is 1. The standard InChI is InChI=1S/C11H20N4/c1-8(2)6-10(7-12)13-11-5-4-9(3)14-15-11/h4-5,8,10H,6-7,12H2,1-3H3,(H,13,15). The van der Waals surface area contributed by atoms with E-state index in [2.05, 4.69) is 29.4 Å². The van der Waals surface area contributed by atoms with Crippen LogP contribution in [0.15, 0.2) is 12.1 Å². The molecule has 1 atom stereocenters. The largest absolute Gasteiger partial charge is 0.365 e. The van der Waals surface area contributed by atoms with Crippen molar-refractivity contribution in [3.63, 3.8) is 0 Å². The van der Waals surface area contributed by atoms with Crippen LogP contribution >= 0.6 is 0 Å². The minimum absolute atomic E-state index is 0.280. The van der Waals surface area contributed by atoms with E-state index in [0.29, 0.717) is 12.5 Å². The van der Waals surface area contributed by atoms with Crippen LogP contribution in [-0.2, 0) is 0 Å². The fraction of sp³-hybridized carbons (Fsp3) is 0.636. The Bertz CT molecular complexity index is 281. The molecule has 0 radical (unpaired) electrons. The summed E-state index contributed by atoms with van der Waals surface area (Å²) in [6.45, 7) is 6.91. The van der Waals surface area contributed by atoms with E-state index >= 15 is 0 Å². The lowest BCUT2D eigenvalue weighted by Crippen LogP contribution is -2.30. The van der Waals surface area contributed by atoms with Gasteiger partial charge in [0.15, 0.2) is 0 Å². The van der Waals surface area contributed by atoms with Crippen LogP contribution in [0, 0.1) is 12.8 Å². The first kappa shape index (κ1) is 11.9. The fourth-order valence-corrected chi connectivity index (χ4v) is 1.47. The van der Waals surface area contributed by atoms with Crippen LogP contribution in [0.1, 0.15) is 26.0 Å². The van der Waals surface area contributed by atoms with E-state index in [0.717, 1.165) is 17.9 Å². The SMILES string of the molecule is Cc1ccc(NC(CN)CC(C)C)nn1. The molecular formula is C11H20N4. The third-order valence-electron chi connectivity index (χ3n) is 2.19. The molecule has 15 heavy (non-hydrogen) atoms. The Kier molecular flexibility index (Phi) is 4.49. The van der Waals surface area contributed by atoms with Gasteiger partial charge in [-0.05, 0) is 31.4 Å². The van der Waals surface area contributed by atoms with E-state index in [4.69, 9.17) is 5.73 Å². The summed E-state index contributed by atoms with van der Waals surface area (Å²) in [4.78, 5) is 0. The van der Waals surface area contributed by atoms with Crippen LogP contribution < -0.4 is 11.1 Å². The number of rotatable bonds is 5. The number of anilines is 1. The summed E-state index contributed by atoms with van der Waals surface area (Å²) in [5, 5.41) is 11.3. The molecule has 1 unspecified atom stereocenters. The number of hydrogen-bond acceptors (Lipinski definition) is 4. The van der Waals surface area contributed by atoms with Gasteiger partial charge in [0, 0.05) is 12.6 Å². The van der Waals surface area contributed by atoms with Crippen LogP contribution in [0.3, 0.4) is 0 Å². The second kappa shape index (κ2) is 5.66. The molecule has 0 aliphatic carbocycles. The first-order valence-corrected chi connectivity index (χ1v) is 5.38. The maximum absolute atomic E-state index is 5.69. The Morgan fingerprint density at radius 2 is 2.07 bits per heavy atom. The van der Waals surface area contributed by atoms with E-state index < -0.39 is 0 Å². The molecule has 0 bridgehead atoms. The lowest BCUT2D eigenvalue weighted by atomic mass is 10.0. The van der Waals surface area contributed by atoms with Crippen LogP contribution in [-0.4, -0.2) is 22.8 Å². The molecule has 1 aromatic heterocycles. The van der Waals surface area contributed by atoms with Crippen LogP contribution in [0.4, 0.5) is 5.82 Å². The molecule has 0 aliphatic heterocycles. The van der Waals surface area contributed by atoms with E-state index in [1.165, 1.54) is 0 Å². The molecule has 0 aromatic carbocycles. The Morgan fingerprint density at radius 1 is 1.33 bits per heavy atom. The van der Waals surface area contributed by atoms with Gasteiger partial charge in [-0.3, -0.25) is 0 Å². The van der Waals surface area contributed by atoms with Crippen molar-refractivity contribution in [1.29, 1.82) is 0 Å². The predicted octanol–water partition coefficient (Wildman–Crippen LogP) is 1.57. The maximum Gasteiger partial charge on any atom is 0.148 e. The van der Waals surface area contributed by atoms with Crippen LogP contribution in [0.25, 0.3) is 0 Å². The Morgan fingerprint density at radius 3 is 2.53 bits per heavy atom. The van der Waals surface area contributed by atoms with E-state index in [1.807, 2.05) is 19.1 Å². The monoisotopic (exact) mass is 208 g/mol. The Labute approximate surface area is 91.3 Å². The van der Waals surface area contributed by atoms with E-state index in [-0.39, 0.29) is 6.04 Å². The van der Waals surface area contributed by atoms with Gasteiger partial charge in [0.1, 0.15) is 5.82 Å². The van der Waals surface area contributed by atoms with E-state index in [1.54, 1.807) is 0 Å². The Hall–Kier alpha value is -1.16. The molecule has 1 aromatic rings. The number of hydrogen-bond donors (Lipinski definition) is 2. The minimum Gasteiger partial charge on any atom is -0.365 e. The summed E-state index contributed by atoms with van der Waals surface area (Å²) in [5.74, 6) is 1.43. The van der Waals surface area contributed by atoms with E-state index in [9.17, 15) is 0 Å². The predicted molar refractivity (Wildman–Crippen MR) is 62.7 cm³/mol. The normalized spacial score (nSPS) is 12.9. The summed E-state index contributed by atoms with van der Waals surface area (Å²) in [5.41, 5.74) is 6.61. The van der Waals surface area contributed by atoms with Crippen molar-refractivity contribution in [2.24, 2.45) is 11.7 Å². The molecule has 0 fully saturated rings. The smallest absolute Gasteiger partial charge is 0.148 e. The molecule has 0 saturated carbocycles. The third kappa shape index (κ3) is 4.25. The van der Waals surface area contributed by atoms with Crippen molar-refractivity contribution < 1.29 is 0 Å². The molecule has 0 saturated heterocycles. The Balaban J connectivity index is 2.54. The summed E-state index contributed by atoms with van der Waals surface area (Å²) in [6, 6.07) is 4.16. The number of nitrogens with zero attached hydrogens (tertiary/aromatic N) is 2. The number of nitrogens with two attached hydrogens (primary N) is 1. The van der Waals surface area contributed by atoms with Gasteiger partial charge in [-0.1, -0.05) is 13.8 Å². The first-order chi connectivity index (χ1) is 7.11. The molecule has 4 heteroatoms. The molecule has 4 nitrogen and oxygen atoms in total. The van der Waals surface area contributed by atoms with Gasteiger partial charge in [-0.15, -0.1) is 5.10 Å². The van der Waals surface area contributed by atoms with Crippen molar-refractivity contribution in [2.75, 3.05) is 11.9 Å². The number of aromatic nitrogens is 2. The fourth-order valence-electron chi connectivity index (χ4n) is 1.47. The molecule has 3 N–H and O–H groups in total. The molecule has 1 heterocycles. The van der Waals surface area contributed by atoms with Crippen LogP contribution in [0.5, 0.6) is 0 Å². The second-order valence-electron chi connectivity index (χ2n) is 4.27. The molecule has 0 aliphatic rings. The summed E-state index contributed by atoms with van der Waals surface area (Å²) in [7, 11) is 0. The lowest BCUT2D eigenvalue weighted by Gasteiger charge is -2.18. The third-order valence-corrected chi connectivity index (χ3v) is 2.19. The molecule has 1 rings (SSSR count). The highest BCUT2D eigenvalue weighted by atomic mass is 15.2. The van der Waals surface area contributed by atoms with Crippen molar-refractivity contribution in [3.05, 3.63) is 17.8 Å².